The van der Waals surface area contributed by atoms with Crippen LogP contribution in [0.1, 0.15) is 10.4 Å². The van der Waals surface area contributed by atoms with Gasteiger partial charge in [-0.15, -0.1) is 0 Å². The lowest BCUT2D eigenvalue weighted by Gasteiger charge is -2.27. The molecule has 1 unspecified atom stereocenters. The number of benzene rings is 4. The lowest BCUT2D eigenvalue weighted by atomic mass is 10.0. The first-order valence-electron chi connectivity index (χ1n) is 11.2. The summed E-state index contributed by atoms with van der Waals surface area (Å²) < 4.78 is 49.2. The molecule has 0 spiro atoms. The van der Waals surface area contributed by atoms with Crippen molar-refractivity contribution in [3.05, 3.63) is 96.3 Å². The van der Waals surface area contributed by atoms with Crippen molar-refractivity contribution in [3.63, 3.8) is 0 Å². The van der Waals surface area contributed by atoms with Crippen LogP contribution in [-0.2, 0) is 11.3 Å². The van der Waals surface area contributed by atoms with Crippen molar-refractivity contribution >= 4 is 34.2 Å². The molecule has 5 rings (SSSR count). The van der Waals surface area contributed by atoms with E-state index < -0.39 is 23.0 Å². The van der Waals surface area contributed by atoms with Crippen molar-refractivity contribution in [1.82, 2.24) is 0 Å². The summed E-state index contributed by atoms with van der Waals surface area (Å²) in [6.07, 6.45) is 0. The van der Waals surface area contributed by atoms with Gasteiger partial charge in [-0.3, -0.25) is 13.3 Å². The molecule has 1 heterocycles. The summed E-state index contributed by atoms with van der Waals surface area (Å²) in [6, 6.07) is 21.3. The third-order valence-corrected chi connectivity index (χ3v) is 6.39. The number of phenolic OH excluding ortho intramolecular Hbond substituents is 1. The molecule has 2 N–H and O–H groups in total. The fourth-order valence-corrected chi connectivity index (χ4v) is 4.49. The number of fused-ring (bicyclic) bond motifs is 1. The Hall–Kier alpha value is -4.41. The highest BCUT2D eigenvalue weighted by Crippen LogP contribution is 2.37. The summed E-state index contributed by atoms with van der Waals surface area (Å²) in [5.41, 5.74) is 2.43. The van der Waals surface area contributed by atoms with Gasteiger partial charge in [0.25, 0.3) is 5.91 Å². The second-order valence-corrected chi connectivity index (χ2v) is 8.88. The molecule has 0 fully saturated rings. The van der Waals surface area contributed by atoms with Crippen LogP contribution >= 0.6 is 0 Å². The molecule has 37 heavy (non-hydrogen) atoms. The zero-order valence-corrected chi connectivity index (χ0v) is 20.0. The maximum atomic E-state index is 13.3. The summed E-state index contributed by atoms with van der Waals surface area (Å²) in [5.74, 6) is 0.0586. The first kappa shape index (κ1) is 24.3. The number of ether oxygens (including phenoxy) is 2. The van der Waals surface area contributed by atoms with E-state index in [9.17, 15) is 23.1 Å². The van der Waals surface area contributed by atoms with Crippen LogP contribution in [0.2, 0.25) is 0 Å². The number of phenols is 1. The number of halogens is 1. The minimum absolute atomic E-state index is 0.105. The topological polar surface area (TPSA) is 111 Å². The van der Waals surface area contributed by atoms with E-state index in [2.05, 4.69) is 5.32 Å². The first-order chi connectivity index (χ1) is 17.9. The Morgan fingerprint density at radius 1 is 0.892 bits per heavy atom. The molecule has 10 heteroatoms. The molecule has 1 atom stereocenters. The smallest absolute Gasteiger partial charge is 0.255 e. The Morgan fingerprint density at radius 2 is 1.57 bits per heavy atom. The Labute approximate surface area is 214 Å². The predicted molar refractivity (Wildman–Crippen MR) is 136 cm³/mol. The number of nitrogens with zero attached hydrogens (tertiary/aromatic N) is 1. The molecule has 1 aliphatic heterocycles. The summed E-state index contributed by atoms with van der Waals surface area (Å²) in [7, 11) is 0. The van der Waals surface area contributed by atoms with Crippen molar-refractivity contribution in [2.24, 2.45) is 0 Å². The Morgan fingerprint density at radius 3 is 2.27 bits per heavy atom. The van der Waals surface area contributed by atoms with Gasteiger partial charge in [0, 0.05) is 11.3 Å². The van der Waals surface area contributed by atoms with Gasteiger partial charge in [0.1, 0.15) is 24.8 Å². The maximum Gasteiger partial charge on any atom is 0.255 e. The number of rotatable bonds is 6. The Bertz CT molecular complexity index is 1480. The molecule has 188 valence electrons. The van der Waals surface area contributed by atoms with Crippen LogP contribution in [0, 0.1) is 5.82 Å². The molecular weight excluding hydrogens is 499 g/mol. The molecule has 4 aromatic rings. The number of amides is 1. The Kier molecular flexibility index (Phi) is 6.76. The first-order valence-corrected chi connectivity index (χ1v) is 12.2. The van der Waals surface area contributed by atoms with Crippen molar-refractivity contribution in [2.75, 3.05) is 22.8 Å². The molecule has 0 aromatic heterocycles. The number of aromatic hydroxyl groups is 1. The average Bonchev–Trinajstić information content (AvgIpc) is 2.91. The van der Waals surface area contributed by atoms with Gasteiger partial charge in [-0.25, -0.2) is 4.39 Å². The number of carbonyl (C=O) groups is 1. The molecular formula is C27H20FN2O6S-. The van der Waals surface area contributed by atoms with Gasteiger partial charge in [-0.2, -0.15) is 0 Å². The molecule has 1 aliphatic rings. The normalized spacial score (nSPS) is 13.0. The molecule has 1 amide bonds. The van der Waals surface area contributed by atoms with E-state index in [1.165, 1.54) is 30.3 Å². The summed E-state index contributed by atoms with van der Waals surface area (Å²) in [4.78, 5) is 12.9. The molecule has 8 nitrogen and oxygen atoms in total. The number of carbonyl (C=O) groups excluding carboxylic acids is 1. The SMILES string of the molecule is O=C(Nc1ccc(O)c(N(c2ccc(F)cc2)S(=O)[O-])c1)c1ccc(-c2ccc3c(c2)OCCO3)cc1. The number of nitrogens with one attached hydrogen (secondary N) is 1. The summed E-state index contributed by atoms with van der Waals surface area (Å²) >= 11 is -2.83. The second kappa shape index (κ2) is 10.3. The summed E-state index contributed by atoms with van der Waals surface area (Å²) in [5, 5.41) is 13.0. The van der Waals surface area contributed by atoms with Gasteiger partial charge >= 0.3 is 0 Å². The van der Waals surface area contributed by atoms with Crippen molar-refractivity contribution < 1.29 is 32.5 Å². The van der Waals surface area contributed by atoms with Crippen LogP contribution in [0.5, 0.6) is 17.2 Å². The van der Waals surface area contributed by atoms with Crippen molar-refractivity contribution in [1.29, 1.82) is 0 Å². The molecule has 0 saturated carbocycles. The van der Waals surface area contributed by atoms with Crippen molar-refractivity contribution in [3.8, 4) is 28.4 Å². The highest BCUT2D eigenvalue weighted by Gasteiger charge is 2.17. The maximum absolute atomic E-state index is 13.3. The molecule has 4 aromatic carbocycles. The van der Waals surface area contributed by atoms with Crippen LogP contribution in [0.15, 0.2) is 84.9 Å². The average molecular weight is 520 g/mol. The van der Waals surface area contributed by atoms with Crippen LogP contribution < -0.4 is 19.1 Å². The monoisotopic (exact) mass is 519 g/mol. The third kappa shape index (κ3) is 5.25. The summed E-state index contributed by atoms with van der Waals surface area (Å²) in [6.45, 7) is 0.999. The van der Waals surface area contributed by atoms with E-state index in [0.29, 0.717) is 30.3 Å². The van der Waals surface area contributed by atoms with E-state index in [4.69, 9.17) is 9.47 Å². The highest BCUT2D eigenvalue weighted by atomic mass is 32.2. The molecule has 0 aliphatic carbocycles. The fraction of sp³-hybridized carbons (Fsp3) is 0.0741. The van der Waals surface area contributed by atoms with Crippen LogP contribution in [-0.4, -0.2) is 33.0 Å². The van der Waals surface area contributed by atoms with E-state index in [1.807, 2.05) is 18.2 Å². The lowest BCUT2D eigenvalue weighted by Crippen LogP contribution is -2.20. The zero-order valence-electron chi connectivity index (χ0n) is 19.2. The highest BCUT2D eigenvalue weighted by molar-refractivity contribution is 7.81. The van der Waals surface area contributed by atoms with Crippen LogP contribution in [0.4, 0.5) is 21.5 Å². The lowest BCUT2D eigenvalue weighted by molar-refractivity contribution is 0.102. The van der Waals surface area contributed by atoms with Crippen LogP contribution in [0.3, 0.4) is 0 Å². The molecule has 0 bridgehead atoms. The molecule has 0 radical (unpaired) electrons. The largest absolute Gasteiger partial charge is 0.755 e. The van der Waals surface area contributed by atoms with E-state index in [-0.39, 0.29) is 22.8 Å². The van der Waals surface area contributed by atoms with Crippen LogP contribution in [0.25, 0.3) is 11.1 Å². The minimum atomic E-state index is -2.83. The third-order valence-electron chi connectivity index (χ3n) is 5.68. The van der Waals surface area contributed by atoms with Gasteiger partial charge in [0.15, 0.2) is 11.5 Å². The zero-order chi connectivity index (χ0) is 25.9. The van der Waals surface area contributed by atoms with Gasteiger partial charge in [0.2, 0.25) is 0 Å². The van der Waals surface area contributed by atoms with Gasteiger partial charge in [-0.1, -0.05) is 18.2 Å². The van der Waals surface area contributed by atoms with E-state index >= 15 is 0 Å². The van der Waals surface area contributed by atoms with E-state index in [1.54, 1.807) is 24.3 Å². The molecule has 0 saturated heterocycles. The van der Waals surface area contributed by atoms with Gasteiger partial charge in [0.05, 0.1) is 22.6 Å². The second-order valence-electron chi connectivity index (χ2n) is 8.08. The Balaban J connectivity index is 1.35. The van der Waals surface area contributed by atoms with Gasteiger partial charge < -0.3 is 24.4 Å². The van der Waals surface area contributed by atoms with Crippen molar-refractivity contribution in [2.45, 2.75) is 0 Å². The number of anilines is 3. The predicted octanol–water partition coefficient (Wildman–Crippen LogP) is 5.15. The van der Waals surface area contributed by atoms with E-state index in [0.717, 1.165) is 27.6 Å². The fourth-order valence-electron chi connectivity index (χ4n) is 3.89. The quantitative estimate of drug-likeness (QED) is 0.269. The minimum Gasteiger partial charge on any atom is -0.755 e. The number of hydrogen-bond acceptors (Lipinski definition) is 6. The van der Waals surface area contributed by atoms with Gasteiger partial charge in [-0.05, 0) is 77.9 Å². The standard InChI is InChI=1S/C27H21FN2O6S/c28-20-6-9-22(10-7-20)30(37(33)34)23-16-21(8-11-24(23)31)29-27(32)18-3-1-17(2-4-18)19-5-12-25-26(15-19)36-14-13-35-25/h1-12,15-16,31H,13-14H2,(H,29,32)(H,33,34)/p-1. The number of hydrogen-bond donors (Lipinski definition) is 2.